The highest BCUT2D eigenvalue weighted by molar-refractivity contribution is 5.26. The predicted molar refractivity (Wildman–Crippen MR) is 86.8 cm³/mol. The molecule has 0 saturated carbocycles. The maximum atomic E-state index is 2.48. The Morgan fingerprint density at radius 3 is 2.05 bits per heavy atom. The molecule has 0 aliphatic rings. The standard InChI is InChI=1S/C19H32/c1-4-7-11-17-12-10-15-19(16-17)18(13-8-5-2)14-9-6-3/h10,12,15-16,18H,4-9,11,13-14H2,1-3H3. The Morgan fingerprint density at radius 1 is 0.842 bits per heavy atom. The molecule has 1 rings (SSSR count). The summed E-state index contributed by atoms with van der Waals surface area (Å²) in [5, 5.41) is 0. The lowest BCUT2D eigenvalue weighted by atomic mass is 9.88. The van der Waals surface area contributed by atoms with Crippen molar-refractivity contribution in [1.29, 1.82) is 0 Å². The van der Waals surface area contributed by atoms with Crippen LogP contribution in [0.15, 0.2) is 24.3 Å². The van der Waals surface area contributed by atoms with Gasteiger partial charge in [0.25, 0.3) is 0 Å². The molecule has 108 valence electrons. The van der Waals surface area contributed by atoms with E-state index in [0.29, 0.717) is 0 Å². The van der Waals surface area contributed by atoms with Gasteiger partial charge in [0.1, 0.15) is 0 Å². The summed E-state index contributed by atoms with van der Waals surface area (Å²) in [6, 6.07) is 9.40. The maximum Gasteiger partial charge on any atom is -0.0162 e. The minimum atomic E-state index is 0.793. The molecule has 0 aliphatic carbocycles. The monoisotopic (exact) mass is 260 g/mol. The molecule has 0 saturated heterocycles. The van der Waals surface area contributed by atoms with Gasteiger partial charge in [-0.25, -0.2) is 0 Å². The van der Waals surface area contributed by atoms with Crippen molar-refractivity contribution in [3.8, 4) is 0 Å². The fourth-order valence-electron chi connectivity index (χ4n) is 2.76. The van der Waals surface area contributed by atoms with Gasteiger partial charge in [-0.15, -0.1) is 0 Å². The summed E-state index contributed by atoms with van der Waals surface area (Å²) in [4.78, 5) is 0. The summed E-state index contributed by atoms with van der Waals surface area (Å²) in [7, 11) is 0. The molecule has 0 amide bonds. The van der Waals surface area contributed by atoms with E-state index in [9.17, 15) is 0 Å². The van der Waals surface area contributed by atoms with Crippen molar-refractivity contribution in [2.24, 2.45) is 0 Å². The largest absolute Gasteiger partial charge is 0.0654 e. The van der Waals surface area contributed by atoms with Crippen LogP contribution in [0, 0.1) is 0 Å². The number of benzene rings is 1. The first kappa shape index (κ1) is 16.3. The van der Waals surface area contributed by atoms with E-state index in [1.54, 1.807) is 5.56 Å². The normalized spacial score (nSPS) is 11.2. The molecular formula is C19H32. The molecule has 0 unspecified atom stereocenters. The van der Waals surface area contributed by atoms with Crippen molar-refractivity contribution >= 4 is 0 Å². The SMILES string of the molecule is CCCCc1cccc(C(CCCC)CCCC)c1. The molecule has 0 heterocycles. The van der Waals surface area contributed by atoms with Gasteiger partial charge < -0.3 is 0 Å². The van der Waals surface area contributed by atoms with Crippen LogP contribution in [-0.4, -0.2) is 0 Å². The van der Waals surface area contributed by atoms with Gasteiger partial charge in [-0.3, -0.25) is 0 Å². The first-order valence-corrected chi connectivity index (χ1v) is 8.40. The molecule has 0 atom stereocenters. The van der Waals surface area contributed by atoms with Crippen LogP contribution >= 0.6 is 0 Å². The zero-order valence-electron chi connectivity index (χ0n) is 13.3. The molecule has 1 aromatic carbocycles. The molecule has 1 aromatic rings. The summed E-state index contributed by atoms with van der Waals surface area (Å²) in [5.74, 6) is 0.793. The molecule has 0 N–H and O–H groups in total. The summed E-state index contributed by atoms with van der Waals surface area (Å²) >= 11 is 0. The van der Waals surface area contributed by atoms with Crippen molar-refractivity contribution in [3.63, 3.8) is 0 Å². The van der Waals surface area contributed by atoms with Gasteiger partial charge in [0.15, 0.2) is 0 Å². The van der Waals surface area contributed by atoms with Gasteiger partial charge in [0.2, 0.25) is 0 Å². The van der Waals surface area contributed by atoms with E-state index in [2.05, 4.69) is 45.0 Å². The van der Waals surface area contributed by atoms with Crippen molar-refractivity contribution in [2.45, 2.75) is 84.5 Å². The fourth-order valence-corrected chi connectivity index (χ4v) is 2.76. The molecule has 0 aliphatic heterocycles. The van der Waals surface area contributed by atoms with Crippen LogP contribution in [0.5, 0.6) is 0 Å². The third-order valence-electron chi connectivity index (χ3n) is 4.05. The maximum absolute atomic E-state index is 2.48. The Balaban J connectivity index is 2.69. The second-order valence-electron chi connectivity index (χ2n) is 5.83. The minimum Gasteiger partial charge on any atom is -0.0654 e. The Morgan fingerprint density at radius 2 is 1.47 bits per heavy atom. The van der Waals surface area contributed by atoms with E-state index >= 15 is 0 Å². The molecular weight excluding hydrogens is 228 g/mol. The van der Waals surface area contributed by atoms with E-state index in [4.69, 9.17) is 0 Å². The van der Waals surface area contributed by atoms with Crippen LogP contribution in [0.4, 0.5) is 0 Å². The first-order chi connectivity index (χ1) is 9.31. The van der Waals surface area contributed by atoms with Crippen LogP contribution in [0.3, 0.4) is 0 Å². The Labute approximate surface area is 120 Å². The smallest absolute Gasteiger partial charge is 0.0162 e. The van der Waals surface area contributed by atoms with Crippen LogP contribution < -0.4 is 0 Å². The number of aryl methyl sites for hydroxylation is 1. The molecule has 0 spiro atoms. The summed E-state index contributed by atoms with van der Waals surface area (Å²) in [6.45, 7) is 6.87. The summed E-state index contributed by atoms with van der Waals surface area (Å²) in [5.41, 5.74) is 3.13. The third-order valence-corrected chi connectivity index (χ3v) is 4.05. The number of unbranched alkanes of at least 4 members (excludes halogenated alkanes) is 3. The van der Waals surface area contributed by atoms with E-state index in [-0.39, 0.29) is 0 Å². The molecule has 0 aromatic heterocycles. The lowest BCUT2D eigenvalue weighted by Gasteiger charge is -2.18. The van der Waals surface area contributed by atoms with Gasteiger partial charge in [-0.2, -0.15) is 0 Å². The van der Waals surface area contributed by atoms with Crippen LogP contribution in [0.1, 0.15) is 89.2 Å². The fraction of sp³-hybridized carbons (Fsp3) is 0.684. The lowest BCUT2D eigenvalue weighted by Crippen LogP contribution is -2.00. The van der Waals surface area contributed by atoms with E-state index in [1.807, 2.05) is 0 Å². The molecule has 0 fully saturated rings. The quantitative estimate of drug-likeness (QED) is 0.451. The highest BCUT2D eigenvalue weighted by atomic mass is 14.2. The zero-order valence-corrected chi connectivity index (χ0v) is 13.3. The Bertz CT molecular complexity index is 319. The van der Waals surface area contributed by atoms with Gasteiger partial charge in [0.05, 0.1) is 0 Å². The van der Waals surface area contributed by atoms with Gasteiger partial charge in [-0.1, -0.05) is 77.1 Å². The van der Waals surface area contributed by atoms with E-state index < -0.39 is 0 Å². The first-order valence-electron chi connectivity index (χ1n) is 8.40. The number of rotatable bonds is 10. The van der Waals surface area contributed by atoms with Crippen molar-refractivity contribution < 1.29 is 0 Å². The second kappa shape index (κ2) is 10.1. The molecule has 0 bridgehead atoms. The van der Waals surface area contributed by atoms with Gasteiger partial charge >= 0.3 is 0 Å². The van der Waals surface area contributed by atoms with Gasteiger partial charge in [0, 0.05) is 0 Å². The van der Waals surface area contributed by atoms with Crippen molar-refractivity contribution in [3.05, 3.63) is 35.4 Å². The average Bonchev–Trinajstić information content (AvgIpc) is 2.45. The molecule has 19 heavy (non-hydrogen) atoms. The minimum absolute atomic E-state index is 0.793. The average molecular weight is 260 g/mol. The molecule has 0 heteroatoms. The lowest BCUT2D eigenvalue weighted by molar-refractivity contribution is 0.524. The summed E-state index contributed by atoms with van der Waals surface area (Å²) in [6.07, 6.45) is 12.0. The highest BCUT2D eigenvalue weighted by Crippen LogP contribution is 2.28. The van der Waals surface area contributed by atoms with Crippen LogP contribution in [0.25, 0.3) is 0 Å². The van der Waals surface area contributed by atoms with Crippen molar-refractivity contribution in [1.82, 2.24) is 0 Å². The molecule has 0 nitrogen and oxygen atoms in total. The number of hydrogen-bond donors (Lipinski definition) is 0. The topological polar surface area (TPSA) is 0 Å². The van der Waals surface area contributed by atoms with Gasteiger partial charge in [-0.05, 0) is 42.7 Å². The zero-order chi connectivity index (χ0) is 13.9. The van der Waals surface area contributed by atoms with Crippen LogP contribution in [0.2, 0.25) is 0 Å². The Hall–Kier alpha value is -0.780. The Kier molecular flexibility index (Phi) is 8.62. The molecule has 0 radical (unpaired) electrons. The third kappa shape index (κ3) is 6.27. The van der Waals surface area contributed by atoms with E-state index in [1.165, 1.54) is 63.4 Å². The highest BCUT2D eigenvalue weighted by Gasteiger charge is 2.11. The van der Waals surface area contributed by atoms with Crippen molar-refractivity contribution in [2.75, 3.05) is 0 Å². The van der Waals surface area contributed by atoms with E-state index in [0.717, 1.165) is 5.92 Å². The van der Waals surface area contributed by atoms with Crippen LogP contribution in [-0.2, 0) is 6.42 Å². The second-order valence-corrected chi connectivity index (χ2v) is 5.83. The summed E-state index contributed by atoms with van der Waals surface area (Å²) < 4.78 is 0. The number of hydrogen-bond acceptors (Lipinski definition) is 0. The predicted octanol–water partition coefficient (Wildman–Crippen LogP) is 6.49.